The fraction of sp³-hybridized carbons (Fsp3) is 0.727. The number of hydrogen-bond donors (Lipinski definition) is 2. The molecule has 1 aliphatic heterocycles. The van der Waals surface area contributed by atoms with E-state index >= 15 is 0 Å². The van der Waals surface area contributed by atoms with Crippen LogP contribution in [0.4, 0.5) is 0 Å². The molecule has 0 aromatic rings. The van der Waals surface area contributed by atoms with Gasteiger partial charge in [-0.2, -0.15) is 0 Å². The Balaban J connectivity index is 2.90. The van der Waals surface area contributed by atoms with Gasteiger partial charge in [0, 0.05) is 17.9 Å². The van der Waals surface area contributed by atoms with Gasteiger partial charge < -0.3 is 14.9 Å². The van der Waals surface area contributed by atoms with Crippen molar-refractivity contribution in [2.45, 2.75) is 91.5 Å². The number of cyclic esters (lactones) is 1. The molecule has 0 aliphatic carbocycles. The van der Waals surface area contributed by atoms with E-state index in [4.69, 9.17) is 4.74 Å². The highest BCUT2D eigenvalue weighted by molar-refractivity contribution is 5.87. The SMILES string of the molecule is CC1=CCC=C(C)C(=O)OC(C)CCC(C)C(O)CC(=O)C(C)C(O)CC1. The summed E-state index contributed by atoms with van der Waals surface area (Å²) in [7, 11) is 0. The Hall–Kier alpha value is -1.46. The molecule has 1 rings (SSSR count). The molecule has 0 aromatic heterocycles. The first-order valence-corrected chi connectivity index (χ1v) is 10.0. The number of aliphatic hydroxyl groups excluding tert-OH is 2. The number of esters is 1. The van der Waals surface area contributed by atoms with Crippen LogP contribution in [0.3, 0.4) is 0 Å². The average Bonchev–Trinajstić information content (AvgIpc) is 2.62. The van der Waals surface area contributed by atoms with E-state index in [1.165, 1.54) is 0 Å². The largest absolute Gasteiger partial charge is 0.459 e. The van der Waals surface area contributed by atoms with Gasteiger partial charge in [0.15, 0.2) is 0 Å². The zero-order valence-corrected chi connectivity index (χ0v) is 17.4. The number of ether oxygens (including phenoxy) is 1. The maximum atomic E-state index is 12.4. The number of carbonyl (C=O) groups is 2. The van der Waals surface area contributed by atoms with Crippen LogP contribution in [0.15, 0.2) is 23.3 Å². The number of rotatable bonds is 0. The molecule has 154 valence electrons. The van der Waals surface area contributed by atoms with Gasteiger partial charge >= 0.3 is 5.97 Å². The average molecular weight is 381 g/mol. The Morgan fingerprint density at radius 1 is 0.963 bits per heavy atom. The second-order valence-corrected chi connectivity index (χ2v) is 8.08. The lowest BCUT2D eigenvalue weighted by molar-refractivity contribution is -0.143. The summed E-state index contributed by atoms with van der Waals surface area (Å²) in [6.07, 6.45) is 5.31. The van der Waals surface area contributed by atoms with Crippen molar-refractivity contribution in [1.82, 2.24) is 0 Å². The van der Waals surface area contributed by atoms with Crippen LogP contribution < -0.4 is 0 Å². The molecule has 5 atom stereocenters. The lowest BCUT2D eigenvalue weighted by atomic mass is 9.88. The van der Waals surface area contributed by atoms with E-state index in [0.717, 1.165) is 5.57 Å². The molecule has 5 nitrogen and oxygen atoms in total. The Bertz CT molecular complexity index is 563. The molecular weight excluding hydrogens is 344 g/mol. The number of carbonyl (C=O) groups excluding carboxylic acids is 2. The Morgan fingerprint density at radius 2 is 1.63 bits per heavy atom. The van der Waals surface area contributed by atoms with Crippen LogP contribution in [0.1, 0.15) is 73.1 Å². The minimum atomic E-state index is -0.753. The van der Waals surface area contributed by atoms with Crippen molar-refractivity contribution in [2.75, 3.05) is 0 Å². The van der Waals surface area contributed by atoms with Crippen molar-refractivity contribution >= 4 is 11.8 Å². The van der Waals surface area contributed by atoms with Crippen molar-refractivity contribution in [3.05, 3.63) is 23.3 Å². The van der Waals surface area contributed by atoms with Gasteiger partial charge in [-0.1, -0.05) is 31.6 Å². The van der Waals surface area contributed by atoms with Crippen LogP contribution in [-0.4, -0.2) is 40.3 Å². The predicted octanol–water partition coefficient (Wildman–Crippen LogP) is 3.73. The van der Waals surface area contributed by atoms with Crippen LogP contribution >= 0.6 is 0 Å². The maximum Gasteiger partial charge on any atom is 0.333 e. The molecule has 0 amide bonds. The molecule has 1 heterocycles. The highest BCUT2D eigenvalue weighted by atomic mass is 16.5. The first-order valence-electron chi connectivity index (χ1n) is 10.0. The summed E-state index contributed by atoms with van der Waals surface area (Å²) in [5.41, 5.74) is 1.69. The second kappa shape index (κ2) is 11.4. The van der Waals surface area contributed by atoms with Gasteiger partial charge in [0.25, 0.3) is 0 Å². The van der Waals surface area contributed by atoms with E-state index in [1.807, 2.05) is 32.9 Å². The minimum Gasteiger partial charge on any atom is -0.459 e. The zero-order valence-electron chi connectivity index (χ0n) is 17.4. The summed E-state index contributed by atoms with van der Waals surface area (Å²) in [5.74, 6) is -0.995. The van der Waals surface area contributed by atoms with Crippen molar-refractivity contribution < 1.29 is 24.5 Å². The molecular formula is C22H36O5. The molecule has 2 N–H and O–H groups in total. The number of aliphatic hydroxyl groups is 2. The number of hydrogen-bond acceptors (Lipinski definition) is 5. The summed E-state index contributed by atoms with van der Waals surface area (Å²) < 4.78 is 5.46. The van der Waals surface area contributed by atoms with E-state index in [2.05, 4.69) is 0 Å². The monoisotopic (exact) mass is 380 g/mol. The number of Topliss-reactive ketones (excluding diaryl/α,β-unsaturated/α-hetero) is 1. The van der Waals surface area contributed by atoms with Gasteiger partial charge in [0.05, 0.1) is 18.3 Å². The summed E-state index contributed by atoms with van der Waals surface area (Å²) >= 11 is 0. The molecule has 0 spiro atoms. The van der Waals surface area contributed by atoms with Crippen molar-refractivity contribution in [2.24, 2.45) is 11.8 Å². The molecule has 5 unspecified atom stereocenters. The van der Waals surface area contributed by atoms with Crippen LogP contribution in [-0.2, 0) is 14.3 Å². The smallest absolute Gasteiger partial charge is 0.333 e. The first-order chi connectivity index (χ1) is 12.6. The van der Waals surface area contributed by atoms with Crippen LogP contribution in [0.5, 0.6) is 0 Å². The Kier molecular flexibility index (Phi) is 9.95. The molecule has 27 heavy (non-hydrogen) atoms. The van der Waals surface area contributed by atoms with E-state index in [0.29, 0.717) is 37.7 Å². The van der Waals surface area contributed by atoms with Gasteiger partial charge in [-0.05, 0) is 58.8 Å². The Labute approximate surface area is 163 Å². The standard InChI is InChI=1S/C22H36O5/c1-14-7-6-8-16(3)22(26)27-17(4)11-10-15(2)20(24)13-21(25)18(5)19(23)12-9-14/h7-8,15,17-20,23-24H,6,9-13H2,1-5H3. The molecule has 0 aromatic carbocycles. The fourth-order valence-electron chi connectivity index (χ4n) is 3.08. The quantitative estimate of drug-likeness (QED) is 0.494. The highest BCUT2D eigenvalue weighted by Gasteiger charge is 2.26. The van der Waals surface area contributed by atoms with Crippen LogP contribution in [0.2, 0.25) is 0 Å². The molecule has 0 saturated heterocycles. The molecule has 0 fully saturated rings. The van der Waals surface area contributed by atoms with E-state index in [1.54, 1.807) is 13.8 Å². The first kappa shape index (κ1) is 23.6. The van der Waals surface area contributed by atoms with Crippen molar-refractivity contribution in [3.63, 3.8) is 0 Å². The predicted molar refractivity (Wildman–Crippen MR) is 106 cm³/mol. The summed E-state index contributed by atoms with van der Waals surface area (Å²) in [6, 6.07) is 0. The molecule has 5 heteroatoms. The topological polar surface area (TPSA) is 83.8 Å². The third kappa shape index (κ3) is 8.39. The fourth-order valence-corrected chi connectivity index (χ4v) is 3.08. The van der Waals surface area contributed by atoms with E-state index in [-0.39, 0.29) is 30.2 Å². The third-order valence-corrected chi connectivity index (χ3v) is 5.54. The second-order valence-electron chi connectivity index (χ2n) is 8.08. The molecule has 0 radical (unpaired) electrons. The summed E-state index contributed by atoms with van der Waals surface area (Å²) in [4.78, 5) is 24.5. The highest BCUT2D eigenvalue weighted by Crippen LogP contribution is 2.21. The number of allylic oxidation sites excluding steroid dienone is 3. The normalized spacial score (nSPS) is 33.4. The Morgan fingerprint density at radius 3 is 2.30 bits per heavy atom. The molecule has 1 aliphatic rings. The van der Waals surface area contributed by atoms with Gasteiger partial charge in [-0.3, -0.25) is 4.79 Å². The van der Waals surface area contributed by atoms with Gasteiger partial charge in [-0.15, -0.1) is 0 Å². The van der Waals surface area contributed by atoms with Crippen LogP contribution in [0, 0.1) is 11.8 Å². The number of ketones is 1. The summed E-state index contributed by atoms with van der Waals surface area (Å²) in [5, 5.41) is 20.7. The van der Waals surface area contributed by atoms with Crippen LogP contribution in [0.25, 0.3) is 0 Å². The zero-order chi connectivity index (χ0) is 20.6. The van der Waals surface area contributed by atoms with Gasteiger partial charge in [-0.25, -0.2) is 4.79 Å². The van der Waals surface area contributed by atoms with Gasteiger partial charge in [0.1, 0.15) is 5.78 Å². The van der Waals surface area contributed by atoms with E-state index in [9.17, 15) is 19.8 Å². The van der Waals surface area contributed by atoms with Gasteiger partial charge in [0.2, 0.25) is 0 Å². The van der Waals surface area contributed by atoms with Crippen molar-refractivity contribution in [1.29, 1.82) is 0 Å². The van der Waals surface area contributed by atoms with Crippen molar-refractivity contribution in [3.8, 4) is 0 Å². The lowest BCUT2D eigenvalue weighted by Gasteiger charge is -2.23. The minimum absolute atomic E-state index is 0.0459. The molecule has 0 bridgehead atoms. The van der Waals surface area contributed by atoms with E-state index < -0.39 is 18.1 Å². The third-order valence-electron chi connectivity index (χ3n) is 5.54. The molecule has 0 saturated carbocycles. The lowest BCUT2D eigenvalue weighted by Crippen LogP contribution is -2.31. The summed E-state index contributed by atoms with van der Waals surface area (Å²) in [6.45, 7) is 9.20. The maximum absolute atomic E-state index is 12.4.